The number of fused-ring (bicyclic) bond motifs is 1. The first-order valence-electron chi connectivity index (χ1n) is 15.9. The number of amides is 1. The van der Waals surface area contributed by atoms with Crippen molar-refractivity contribution in [1.82, 2.24) is 24.0 Å². The highest BCUT2D eigenvalue weighted by Crippen LogP contribution is 2.37. The van der Waals surface area contributed by atoms with Gasteiger partial charge in [-0.05, 0) is 46.1 Å². The van der Waals surface area contributed by atoms with E-state index in [1.807, 2.05) is 27.7 Å². The Morgan fingerprint density at radius 2 is 1.50 bits per heavy atom. The van der Waals surface area contributed by atoms with Crippen LogP contribution in [-0.2, 0) is 35.9 Å². The summed E-state index contributed by atoms with van der Waals surface area (Å²) in [4.78, 5) is 28.5. The zero-order valence-corrected chi connectivity index (χ0v) is 29.5. The topological polar surface area (TPSA) is 157 Å². The predicted molar refractivity (Wildman–Crippen MR) is 183 cm³/mol. The average molecular weight is 687 g/mol. The number of carbonyl (C=O) groups is 1. The first kappa shape index (κ1) is 36.2. The largest absolute Gasteiger partial charge is 0.493 e. The Morgan fingerprint density at radius 3 is 2.12 bits per heavy atom. The van der Waals surface area contributed by atoms with Crippen molar-refractivity contribution in [1.29, 1.82) is 0 Å². The summed E-state index contributed by atoms with van der Waals surface area (Å²) in [6.07, 6.45) is 6.59. The molecule has 0 saturated heterocycles. The molecule has 2 aromatic heterocycles. The normalized spacial score (nSPS) is 11.8. The molecule has 0 fully saturated rings. The molecule has 0 aliphatic carbocycles. The monoisotopic (exact) mass is 686 g/mol. The quantitative estimate of drug-likeness (QED) is 0.146. The van der Waals surface area contributed by atoms with E-state index >= 15 is 0 Å². The number of rotatable bonds is 16. The molecule has 4 rings (SSSR count). The molecule has 15 heteroatoms. The van der Waals surface area contributed by atoms with Crippen LogP contribution in [0, 0.1) is 0 Å². The van der Waals surface area contributed by atoms with Crippen molar-refractivity contribution >= 4 is 32.8 Å². The number of carbonyl (C=O) groups excluding carboxylic acids is 1. The fourth-order valence-electron chi connectivity index (χ4n) is 4.81. The maximum absolute atomic E-state index is 13.3. The smallest absolute Gasteiger partial charge is 0.407 e. The summed E-state index contributed by atoms with van der Waals surface area (Å²) in [6, 6.07) is 8.36. The second-order valence-electron chi connectivity index (χ2n) is 12.5. The van der Waals surface area contributed by atoms with Gasteiger partial charge in [-0.1, -0.05) is 19.8 Å². The van der Waals surface area contributed by atoms with Gasteiger partial charge < -0.3 is 28.8 Å². The minimum absolute atomic E-state index is 0.123. The van der Waals surface area contributed by atoms with Gasteiger partial charge >= 0.3 is 11.8 Å². The number of hydrogen-bond acceptors (Lipinski definition) is 9. The van der Waals surface area contributed by atoms with Crippen LogP contribution in [0.5, 0.6) is 23.0 Å². The molecule has 0 atom stereocenters. The summed E-state index contributed by atoms with van der Waals surface area (Å²) >= 11 is 0. The molecule has 0 saturated carbocycles. The van der Waals surface area contributed by atoms with E-state index < -0.39 is 21.7 Å². The van der Waals surface area contributed by atoms with E-state index in [2.05, 4.69) is 15.0 Å². The van der Waals surface area contributed by atoms with Crippen LogP contribution in [-0.4, -0.2) is 58.6 Å². The third kappa shape index (κ3) is 9.69. The molecule has 4 aromatic rings. The van der Waals surface area contributed by atoms with Crippen LogP contribution < -0.4 is 29.9 Å². The highest BCUT2D eigenvalue weighted by atomic mass is 32.2. The maximum atomic E-state index is 13.3. The van der Waals surface area contributed by atoms with E-state index in [9.17, 15) is 18.0 Å². The SMILES string of the molecule is CCCOc1cc(OCCCCCCNC(=O)OC(C)(C)C)cc(Oc2cc3c(cc2NS(=O)(=O)c2cn(C)cn2)n(C)c(=O)n3C)c1. The van der Waals surface area contributed by atoms with Crippen molar-refractivity contribution in [3.8, 4) is 23.0 Å². The van der Waals surface area contributed by atoms with Gasteiger partial charge in [0.05, 0.1) is 36.3 Å². The van der Waals surface area contributed by atoms with E-state index in [4.69, 9.17) is 18.9 Å². The van der Waals surface area contributed by atoms with Crippen LogP contribution in [0.1, 0.15) is 59.8 Å². The lowest BCUT2D eigenvalue weighted by Gasteiger charge is -2.19. The Kier molecular flexibility index (Phi) is 11.7. The Bertz CT molecular complexity index is 1890. The Hall–Kier alpha value is -4.66. The number of imidazole rings is 2. The Morgan fingerprint density at radius 1 is 0.875 bits per heavy atom. The minimum atomic E-state index is -4.09. The molecule has 262 valence electrons. The van der Waals surface area contributed by atoms with E-state index in [1.54, 1.807) is 51.5 Å². The van der Waals surface area contributed by atoms with Crippen molar-refractivity contribution in [2.45, 2.75) is 70.4 Å². The van der Waals surface area contributed by atoms with Gasteiger partial charge in [-0.2, -0.15) is 8.42 Å². The number of anilines is 1. The second-order valence-corrected chi connectivity index (χ2v) is 14.1. The van der Waals surface area contributed by atoms with Crippen LogP contribution in [0.15, 0.2) is 52.7 Å². The summed E-state index contributed by atoms with van der Waals surface area (Å²) in [6.45, 7) is 8.95. The van der Waals surface area contributed by atoms with Gasteiger partial charge in [-0.3, -0.25) is 13.9 Å². The fraction of sp³-hybridized carbons (Fsp3) is 0.485. The molecule has 2 N–H and O–H groups in total. The van der Waals surface area contributed by atoms with Crippen LogP contribution in [0.2, 0.25) is 0 Å². The number of benzene rings is 2. The molecule has 1 amide bonds. The number of nitrogens with zero attached hydrogens (tertiary/aromatic N) is 4. The molecule has 0 radical (unpaired) electrons. The minimum Gasteiger partial charge on any atom is -0.493 e. The van der Waals surface area contributed by atoms with Gasteiger partial charge in [-0.25, -0.2) is 14.6 Å². The average Bonchev–Trinajstić information content (AvgIpc) is 3.54. The highest BCUT2D eigenvalue weighted by Gasteiger charge is 2.22. The molecule has 0 aliphatic rings. The van der Waals surface area contributed by atoms with Crippen molar-refractivity contribution in [3.05, 3.63) is 53.3 Å². The van der Waals surface area contributed by atoms with E-state index in [-0.39, 0.29) is 22.2 Å². The zero-order valence-electron chi connectivity index (χ0n) is 28.7. The third-order valence-corrected chi connectivity index (χ3v) is 8.39. The lowest BCUT2D eigenvalue weighted by Crippen LogP contribution is -2.32. The Labute approximate surface area is 281 Å². The van der Waals surface area contributed by atoms with Gasteiger partial charge in [0.1, 0.15) is 22.8 Å². The second kappa shape index (κ2) is 15.5. The molecule has 0 aliphatic heterocycles. The summed E-state index contributed by atoms with van der Waals surface area (Å²) in [7, 11) is 0.831. The van der Waals surface area contributed by atoms with Crippen LogP contribution in [0.3, 0.4) is 0 Å². The van der Waals surface area contributed by atoms with Crippen LogP contribution in [0.4, 0.5) is 10.5 Å². The van der Waals surface area contributed by atoms with Crippen molar-refractivity contribution in [2.24, 2.45) is 21.1 Å². The zero-order chi connectivity index (χ0) is 35.1. The number of alkyl carbamates (subject to hydrolysis) is 1. The number of nitrogens with one attached hydrogen (secondary N) is 2. The van der Waals surface area contributed by atoms with Gasteiger partial charge in [-0.15, -0.1) is 0 Å². The summed E-state index contributed by atoms with van der Waals surface area (Å²) < 4.78 is 57.1. The number of unbranched alkanes of at least 4 members (excludes halogenated alkanes) is 3. The summed E-state index contributed by atoms with van der Waals surface area (Å²) in [5.41, 5.74) is 0.386. The molecule has 0 unspecified atom stereocenters. The first-order chi connectivity index (χ1) is 22.7. The van der Waals surface area contributed by atoms with Crippen LogP contribution in [0.25, 0.3) is 11.0 Å². The van der Waals surface area contributed by atoms with E-state index in [1.165, 1.54) is 26.2 Å². The fourth-order valence-corrected chi connectivity index (χ4v) is 5.85. The number of sulfonamides is 1. The number of aromatic nitrogens is 4. The summed E-state index contributed by atoms with van der Waals surface area (Å²) in [5, 5.41) is 2.60. The number of ether oxygens (including phenoxy) is 4. The van der Waals surface area contributed by atoms with Crippen molar-refractivity contribution in [3.63, 3.8) is 0 Å². The van der Waals surface area contributed by atoms with Crippen molar-refractivity contribution in [2.75, 3.05) is 24.5 Å². The lowest BCUT2D eigenvalue weighted by molar-refractivity contribution is 0.0527. The Balaban J connectivity index is 1.50. The molecule has 0 spiro atoms. The number of hydrogen-bond donors (Lipinski definition) is 2. The summed E-state index contributed by atoms with van der Waals surface area (Å²) in [5.74, 6) is 1.57. The standard InChI is InChI=1S/C33H46N6O8S/c1-8-14-44-23-16-24(45-15-12-10-9-11-13-34-31(40)47-33(2,3)4)18-25(17-23)46-29-20-28-27(38(6)32(41)39(28)7)19-26(29)36-48(42,43)30-21-37(5)22-35-30/h16-22,36H,8-15H2,1-7H3,(H,34,40). The van der Waals surface area contributed by atoms with Gasteiger partial charge in [0.15, 0.2) is 10.8 Å². The van der Waals surface area contributed by atoms with E-state index in [0.29, 0.717) is 48.0 Å². The molecule has 0 bridgehead atoms. The van der Waals surface area contributed by atoms with Gasteiger partial charge in [0.2, 0.25) is 0 Å². The molecule has 14 nitrogen and oxygen atoms in total. The maximum Gasteiger partial charge on any atom is 0.407 e. The lowest BCUT2D eigenvalue weighted by atomic mass is 10.2. The van der Waals surface area contributed by atoms with Crippen molar-refractivity contribution < 1.29 is 32.2 Å². The van der Waals surface area contributed by atoms with E-state index in [0.717, 1.165) is 32.1 Å². The molecular weight excluding hydrogens is 640 g/mol. The van der Waals surface area contributed by atoms with Gasteiger partial charge in [0, 0.05) is 58.2 Å². The molecule has 2 aromatic carbocycles. The first-order valence-corrected chi connectivity index (χ1v) is 17.4. The number of aryl methyl sites for hydroxylation is 3. The predicted octanol–water partition coefficient (Wildman–Crippen LogP) is 5.46. The molecular formula is C33H46N6O8S. The van der Waals surface area contributed by atoms with Crippen LogP contribution >= 0.6 is 0 Å². The van der Waals surface area contributed by atoms with Gasteiger partial charge in [0.25, 0.3) is 10.0 Å². The molecule has 2 heterocycles. The third-order valence-electron chi connectivity index (χ3n) is 7.14. The highest BCUT2D eigenvalue weighted by molar-refractivity contribution is 7.92. The molecule has 48 heavy (non-hydrogen) atoms.